The molecule has 4 N–H and O–H groups in total. The molecule has 1 aliphatic heterocycles. The number of carbonyl (C=O) groups is 1. The van der Waals surface area contributed by atoms with Gasteiger partial charge < -0.3 is 20.6 Å². The molecule has 2 aromatic carbocycles. The number of piperazine rings is 1. The monoisotopic (exact) mass is 665 g/mol. The van der Waals surface area contributed by atoms with Crippen molar-refractivity contribution >= 4 is 34.4 Å². The van der Waals surface area contributed by atoms with E-state index < -0.39 is 17.8 Å². The van der Waals surface area contributed by atoms with Gasteiger partial charge in [0.1, 0.15) is 0 Å². The quantitative estimate of drug-likeness (QED) is 0.189. The topological polar surface area (TPSA) is 123 Å². The molecular weight excluding hydrogens is 623 g/mol. The van der Waals surface area contributed by atoms with E-state index >= 15 is 0 Å². The molecule has 1 aliphatic carbocycles. The Bertz CT molecular complexity index is 1760. The zero-order valence-electron chi connectivity index (χ0n) is 27.4. The minimum atomic E-state index is -4.56. The van der Waals surface area contributed by atoms with Crippen LogP contribution in [0.3, 0.4) is 0 Å². The molecular formula is C34H42F3N9O2. The van der Waals surface area contributed by atoms with Crippen molar-refractivity contribution in [1.82, 2.24) is 29.5 Å². The minimum Gasteiger partial charge on any atom is -0.393 e. The summed E-state index contributed by atoms with van der Waals surface area (Å²) >= 11 is 0. The molecule has 3 heterocycles. The molecule has 2 amide bonds. The number of hydrogen-bond donors (Lipinski definition) is 4. The van der Waals surface area contributed by atoms with Crippen LogP contribution in [0.4, 0.5) is 35.4 Å². The lowest BCUT2D eigenvalue weighted by Crippen LogP contribution is -2.44. The van der Waals surface area contributed by atoms with E-state index in [4.69, 9.17) is 4.98 Å². The summed E-state index contributed by atoms with van der Waals surface area (Å²) in [5, 5.41) is 23.7. The van der Waals surface area contributed by atoms with Crippen LogP contribution in [-0.2, 0) is 26.2 Å². The van der Waals surface area contributed by atoms with Crippen LogP contribution in [0.5, 0.6) is 0 Å². The summed E-state index contributed by atoms with van der Waals surface area (Å²) in [6.45, 7) is 5.24. The number of aryl methyl sites for hydroxylation is 2. The number of halogens is 3. The first-order chi connectivity index (χ1) is 22.9. The van der Waals surface area contributed by atoms with Crippen LogP contribution in [0.1, 0.15) is 49.3 Å². The van der Waals surface area contributed by atoms with Crippen LogP contribution in [0, 0.1) is 0 Å². The second kappa shape index (κ2) is 14.1. The van der Waals surface area contributed by atoms with Crippen LogP contribution in [0.2, 0.25) is 0 Å². The molecule has 6 rings (SSSR count). The molecule has 0 bridgehead atoms. The number of aromatic nitrogens is 4. The summed E-state index contributed by atoms with van der Waals surface area (Å²) in [6, 6.07) is 9.17. The third-order valence-corrected chi connectivity index (χ3v) is 9.25. The Morgan fingerprint density at radius 1 is 0.979 bits per heavy atom. The van der Waals surface area contributed by atoms with E-state index in [0.29, 0.717) is 19.0 Å². The number of anilines is 3. The van der Waals surface area contributed by atoms with Gasteiger partial charge in [-0.3, -0.25) is 14.9 Å². The number of carbonyl (C=O) groups excluding carboxylic acids is 1. The highest BCUT2D eigenvalue weighted by Gasteiger charge is 2.34. The van der Waals surface area contributed by atoms with Crippen molar-refractivity contribution in [3.05, 3.63) is 59.3 Å². The molecule has 2 fully saturated rings. The number of hydrogen-bond acceptors (Lipinski definition) is 8. The second-order valence-electron chi connectivity index (χ2n) is 12.8. The molecule has 14 heteroatoms. The van der Waals surface area contributed by atoms with Gasteiger partial charge in [-0.15, -0.1) is 0 Å². The van der Waals surface area contributed by atoms with Crippen LogP contribution < -0.4 is 16.0 Å². The van der Waals surface area contributed by atoms with Crippen molar-refractivity contribution in [3.63, 3.8) is 0 Å². The molecule has 1 saturated carbocycles. The number of amides is 2. The molecule has 11 nitrogen and oxygen atoms in total. The van der Waals surface area contributed by atoms with E-state index in [-0.39, 0.29) is 35.8 Å². The number of benzene rings is 2. The molecule has 2 aromatic heterocycles. The predicted octanol–water partition coefficient (Wildman–Crippen LogP) is 5.72. The first-order valence-corrected chi connectivity index (χ1v) is 16.4. The van der Waals surface area contributed by atoms with Gasteiger partial charge in [-0.25, -0.2) is 14.8 Å². The Labute approximate surface area is 277 Å². The molecule has 0 unspecified atom stereocenters. The van der Waals surface area contributed by atoms with Gasteiger partial charge in [0.25, 0.3) is 0 Å². The largest absolute Gasteiger partial charge is 0.416 e. The standard InChI is InChI=1S/C34H42F3N9O2/c1-4-21-15-23(16-24-19-38-32(42-31(21)24)39-25-7-9-27(47)10-8-25)29-18-30(43-45(29)3)41-33(48)40-26-6-5-22(28(17-26)34(35,36)37)20-46-13-11-44(2)12-14-46/h5-6,15-19,25,27,47H,4,7-14,20H2,1-3H3,(H,38,39,42)(H2,40,41,43,48)/t25-,27-. The number of aliphatic hydroxyl groups is 1. The summed E-state index contributed by atoms with van der Waals surface area (Å²) in [4.78, 5) is 26.4. The number of likely N-dealkylation sites (N-methyl/N-ethyl adjacent to an activating group) is 1. The van der Waals surface area contributed by atoms with Crippen LogP contribution in [-0.4, -0.2) is 86.1 Å². The van der Waals surface area contributed by atoms with Gasteiger partial charge in [-0.1, -0.05) is 13.0 Å². The highest BCUT2D eigenvalue weighted by Crippen LogP contribution is 2.35. The van der Waals surface area contributed by atoms with Crippen molar-refractivity contribution in [2.45, 2.75) is 63.9 Å². The van der Waals surface area contributed by atoms with Gasteiger partial charge in [-0.05, 0) is 74.5 Å². The second-order valence-corrected chi connectivity index (χ2v) is 12.8. The Morgan fingerprint density at radius 2 is 1.73 bits per heavy atom. The van der Waals surface area contributed by atoms with Gasteiger partial charge in [0, 0.05) is 74.7 Å². The SMILES string of the molecule is CCc1cc(-c2cc(NC(=O)Nc3ccc(CN4CCN(C)CC4)c(C(F)(F)F)c3)nn2C)cc2cnc(N[C@H]3CC[C@H](O)CC3)nc12. The Hall–Kier alpha value is -4.27. The fourth-order valence-electron chi connectivity index (χ4n) is 6.49. The number of alkyl halides is 3. The molecule has 0 spiro atoms. The zero-order chi connectivity index (χ0) is 34.0. The van der Waals surface area contributed by atoms with Crippen LogP contribution in [0.15, 0.2) is 42.6 Å². The average Bonchev–Trinajstić information content (AvgIpc) is 3.42. The normalized spacial score (nSPS) is 19.4. The first-order valence-electron chi connectivity index (χ1n) is 16.4. The maximum Gasteiger partial charge on any atom is 0.416 e. The molecule has 0 atom stereocenters. The van der Waals surface area contributed by atoms with Gasteiger partial charge in [-0.2, -0.15) is 18.3 Å². The van der Waals surface area contributed by atoms with E-state index in [1.807, 2.05) is 24.1 Å². The van der Waals surface area contributed by atoms with Crippen molar-refractivity contribution in [2.24, 2.45) is 7.05 Å². The van der Waals surface area contributed by atoms with Gasteiger partial charge in [0.2, 0.25) is 5.95 Å². The highest BCUT2D eigenvalue weighted by atomic mass is 19.4. The zero-order valence-corrected chi connectivity index (χ0v) is 27.4. The van der Waals surface area contributed by atoms with E-state index in [1.54, 1.807) is 24.0 Å². The third-order valence-electron chi connectivity index (χ3n) is 9.25. The minimum absolute atomic E-state index is 0.0372. The fraction of sp³-hybridized carbons (Fsp3) is 0.471. The summed E-state index contributed by atoms with van der Waals surface area (Å²) < 4.78 is 43.7. The van der Waals surface area contributed by atoms with Crippen LogP contribution >= 0.6 is 0 Å². The van der Waals surface area contributed by atoms with Gasteiger partial charge in [0.05, 0.1) is 22.9 Å². The number of fused-ring (bicyclic) bond motifs is 1. The summed E-state index contributed by atoms with van der Waals surface area (Å²) in [6.07, 6.45) is 0.998. The fourth-order valence-corrected chi connectivity index (χ4v) is 6.49. The van der Waals surface area contributed by atoms with Crippen molar-refractivity contribution < 1.29 is 23.1 Å². The maximum absolute atomic E-state index is 14.0. The van der Waals surface area contributed by atoms with Crippen molar-refractivity contribution in [1.29, 1.82) is 0 Å². The Morgan fingerprint density at radius 3 is 2.44 bits per heavy atom. The van der Waals surface area contributed by atoms with Gasteiger partial charge in [0.15, 0.2) is 5.82 Å². The van der Waals surface area contributed by atoms with Crippen LogP contribution in [0.25, 0.3) is 22.2 Å². The lowest BCUT2D eigenvalue weighted by Gasteiger charge is -2.33. The van der Waals surface area contributed by atoms with E-state index in [0.717, 1.165) is 79.0 Å². The van der Waals surface area contributed by atoms with E-state index in [9.17, 15) is 23.1 Å². The molecule has 48 heavy (non-hydrogen) atoms. The number of aliphatic hydroxyl groups excluding tert-OH is 1. The molecule has 0 radical (unpaired) electrons. The first kappa shape index (κ1) is 33.6. The summed E-state index contributed by atoms with van der Waals surface area (Å²) in [5.74, 6) is 0.815. The van der Waals surface area contributed by atoms with Crippen molar-refractivity contribution in [3.8, 4) is 11.3 Å². The third kappa shape index (κ3) is 7.88. The number of rotatable bonds is 8. The summed E-state index contributed by atoms with van der Waals surface area (Å²) in [7, 11) is 3.75. The lowest BCUT2D eigenvalue weighted by atomic mass is 9.93. The maximum atomic E-state index is 14.0. The van der Waals surface area contributed by atoms with Crippen molar-refractivity contribution in [2.75, 3.05) is 49.2 Å². The molecule has 4 aromatic rings. The number of urea groups is 1. The van der Waals surface area contributed by atoms with Gasteiger partial charge >= 0.3 is 12.2 Å². The van der Waals surface area contributed by atoms with E-state index in [1.165, 1.54) is 12.1 Å². The Kier molecular flexibility index (Phi) is 9.85. The summed E-state index contributed by atoms with van der Waals surface area (Å²) in [5.41, 5.74) is 2.92. The highest BCUT2D eigenvalue weighted by molar-refractivity contribution is 5.99. The Balaban J connectivity index is 1.15. The van der Waals surface area contributed by atoms with E-state index in [2.05, 4.69) is 37.9 Å². The number of nitrogens with zero attached hydrogens (tertiary/aromatic N) is 6. The molecule has 1 saturated heterocycles. The lowest BCUT2D eigenvalue weighted by molar-refractivity contribution is -0.138. The molecule has 2 aliphatic rings. The smallest absolute Gasteiger partial charge is 0.393 e. The molecule has 256 valence electrons. The number of nitrogens with one attached hydrogen (secondary N) is 3. The predicted molar refractivity (Wildman–Crippen MR) is 180 cm³/mol. The average molecular weight is 666 g/mol.